The van der Waals surface area contributed by atoms with Crippen LogP contribution in [-0.4, -0.2) is 10.8 Å². The predicted octanol–water partition coefficient (Wildman–Crippen LogP) is 4.73. The Balaban J connectivity index is 1.98. The van der Waals surface area contributed by atoms with Gasteiger partial charge in [0.05, 0.1) is 11.0 Å². The Labute approximate surface area is 157 Å². The molecule has 5 heteroatoms. The van der Waals surface area contributed by atoms with Crippen molar-refractivity contribution in [2.24, 2.45) is 0 Å². The van der Waals surface area contributed by atoms with Crippen LogP contribution in [0, 0.1) is 24.0 Å². The molecule has 0 aliphatic heterocycles. The fourth-order valence-electron chi connectivity index (χ4n) is 3.04. The van der Waals surface area contributed by atoms with Gasteiger partial charge in [-0.25, -0.2) is 0 Å². The zero-order chi connectivity index (χ0) is 19.4. The van der Waals surface area contributed by atoms with E-state index >= 15 is 0 Å². The lowest BCUT2D eigenvalue weighted by Crippen LogP contribution is -2.30. The first-order valence-corrected chi connectivity index (χ1v) is 8.63. The summed E-state index contributed by atoms with van der Waals surface area (Å²) in [4.78, 5) is 23.6. The second kappa shape index (κ2) is 7.83. The summed E-state index contributed by atoms with van der Waals surface area (Å²) in [5.41, 5.74) is 3.62. The number of rotatable bonds is 5. The van der Waals surface area contributed by atoms with Crippen LogP contribution in [0.5, 0.6) is 0 Å². The first-order chi connectivity index (χ1) is 13.0. The van der Waals surface area contributed by atoms with E-state index in [9.17, 15) is 14.9 Å². The fraction of sp³-hybridized carbons (Fsp3) is 0.136. The molecule has 27 heavy (non-hydrogen) atoms. The molecule has 3 aromatic rings. The highest BCUT2D eigenvalue weighted by molar-refractivity contribution is 5.97. The average Bonchev–Trinajstić information content (AvgIpc) is 2.67. The average molecular weight is 360 g/mol. The van der Waals surface area contributed by atoms with Crippen LogP contribution in [0.3, 0.4) is 0 Å². The zero-order valence-corrected chi connectivity index (χ0v) is 15.2. The monoisotopic (exact) mass is 360 g/mol. The second-order valence-electron chi connectivity index (χ2n) is 6.43. The van der Waals surface area contributed by atoms with Gasteiger partial charge in [0.15, 0.2) is 0 Å². The summed E-state index contributed by atoms with van der Waals surface area (Å²) in [6, 6.07) is 21.8. The predicted molar refractivity (Wildman–Crippen MR) is 105 cm³/mol. The maximum Gasteiger partial charge on any atom is 0.273 e. The van der Waals surface area contributed by atoms with E-state index in [4.69, 9.17) is 0 Å². The number of nitrogens with one attached hydrogen (secondary N) is 1. The van der Waals surface area contributed by atoms with Gasteiger partial charge in [-0.05, 0) is 31.0 Å². The number of nitrogens with zero attached hydrogens (tertiary/aromatic N) is 1. The van der Waals surface area contributed by atoms with E-state index in [-0.39, 0.29) is 17.6 Å². The third kappa shape index (κ3) is 4.03. The highest BCUT2D eigenvalue weighted by Gasteiger charge is 2.22. The molecular weight excluding hydrogens is 340 g/mol. The smallest absolute Gasteiger partial charge is 0.273 e. The summed E-state index contributed by atoms with van der Waals surface area (Å²) >= 11 is 0. The summed E-state index contributed by atoms with van der Waals surface area (Å²) in [7, 11) is 0. The van der Waals surface area contributed by atoms with Gasteiger partial charge in [-0.1, -0.05) is 66.2 Å². The van der Waals surface area contributed by atoms with Crippen molar-refractivity contribution in [1.82, 2.24) is 5.32 Å². The van der Waals surface area contributed by atoms with Crippen LogP contribution in [-0.2, 0) is 0 Å². The molecule has 1 atom stereocenters. The maximum atomic E-state index is 12.9. The quantitative estimate of drug-likeness (QED) is 0.528. The number of hydrogen-bond acceptors (Lipinski definition) is 3. The normalized spacial score (nSPS) is 11.6. The number of nitro benzene ring substituents is 1. The van der Waals surface area contributed by atoms with Crippen LogP contribution in [0.25, 0.3) is 0 Å². The summed E-state index contributed by atoms with van der Waals surface area (Å²) < 4.78 is 0. The number of nitro groups is 1. The van der Waals surface area contributed by atoms with E-state index in [1.54, 1.807) is 13.0 Å². The van der Waals surface area contributed by atoms with Crippen LogP contribution >= 0.6 is 0 Å². The molecule has 0 radical (unpaired) electrons. The largest absolute Gasteiger partial charge is 0.341 e. The van der Waals surface area contributed by atoms with Gasteiger partial charge >= 0.3 is 0 Å². The molecule has 1 N–H and O–H groups in total. The molecule has 136 valence electrons. The molecule has 0 saturated carbocycles. The minimum Gasteiger partial charge on any atom is -0.341 e. The number of amides is 1. The van der Waals surface area contributed by atoms with E-state index in [0.29, 0.717) is 11.1 Å². The van der Waals surface area contributed by atoms with E-state index < -0.39 is 4.92 Å². The molecule has 1 amide bonds. The van der Waals surface area contributed by atoms with Gasteiger partial charge in [-0.15, -0.1) is 0 Å². The van der Waals surface area contributed by atoms with Gasteiger partial charge < -0.3 is 5.32 Å². The molecule has 0 bridgehead atoms. The summed E-state index contributed by atoms with van der Waals surface area (Å²) in [6.45, 7) is 3.60. The fourth-order valence-corrected chi connectivity index (χ4v) is 3.04. The van der Waals surface area contributed by atoms with Gasteiger partial charge in [-0.3, -0.25) is 14.9 Å². The first-order valence-electron chi connectivity index (χ1n) is 8.63. The Morgan fingerprint density at radius 1 is 0.889 bits per heavy atom. The van der Waals surface area contributed by atoms with Gasteiger partial charge in [0.25, 0.3) is 11.6 Å². The second-order valence-corrected chi connectivity index (χ2v) is 6.43. The van der Waals surface area contributed by atoms with Crippen molar-refractivity contribution in [2.75, 3.05) is 0 Å². The van der Waals surface area contributed by atoms with Crippen molar-refractivity contribution < 1.29 is 9.72 Å². The molecule has 0 aliphatic carbocycles. The Kier molecular flexibility index (Phi) is 5.31. The highest BCUT2D eigenvalue weighted by atomic mass is 16.6. The molecule has 0 unspecified atom stereocenters. The number of aryl methyl sites for hydroxylation is 1. The molecule has 0 heterocycles. The number of carbonyl (C=O) groups excluding carboxylic acids is 1. The van der Waals surface area contributed by atoms with Crippen LogP contribution < -0.4 is 5.32 Å². The molecule has 5 nitrogen and oxygen atoms in total. The maximum absolute atomic E-state index is 12.9. The molecule has 0 aliphatic rings. The van der Waals surface area contributed by atoms with Crippen molar-refractivity contribution in [3.05, 3.63) is 111 Å². The van der Waals surface area contributed by atoms with Crippen molar-refractivity contribution in [3.8, 4) is 0 Å². The highest BCUT2D eigenvalue weighted by Crippen LogP contribution is 2.25. The molecule has 0 aromatic heterocycles. The van der Waals surface area contributed by atoms with Crippen LogP contribution in [0.1, 0.15) is 38.7 Å². The molecule has 3 rings (SSSR count). The van der Waals surface area contributed by atoms with Crippen molar-refractivity contribution >= 4 is 11.6 Å². The van der Waals surface area contributed by atoms with Gasteiger partial charge in [0.2, 0.25) is 0 Å². The number of hydrogen-bond donors (Lipinski definition) is 1. The van der Waals surface area contributed by atoms with E-state index in [1.165, 1.54) is 12.1 Å². The number of carbonyl (C=O) groups is 1. The Morgan fingerprint density at radius 3 is 2.15 bits per heavy atom. The molecule has 0 saturated heterocycles. The Bertz CT molecular complexity index is 967. The van der Waals surface area contributed by atoms with E-state index in [0.717, 1.165) is 16.7 Å². The third-order valence-electron chi connectivity index (χ3n) is 4.57. The first kappa shape index (κ1) is 18.3. The topological polar surface area (TPSA) is 72.2 Å². The van der Waals surface area contributed by atoms with Crippen LogP contribution in [0.15, 0.2) is 72.8 Å². The van der Waals surface area contributed by atoms with Gasteiger partial charge in [0, 0.05) is 17.2 Å². The molecular formula is C22H20N2O3. The minimum absolute atomic E-state index is 0.0609. The Morgan fingerprint density at radius 2 is 1.52 bits per heavy atom. The Hall–Kier alpha value is -3.47. The lowest BCUT2D eigenvalue weighted by Gasteiger charge is -2.20. The van der Waals surface area contributed by atoms with Gasteiger partial charge in [0.1, 0.15) is 0 Å². The lowest BCUT2D eigenvalue weighted by atomic mass is 9.97. The van der Waals surface area contributed by atoms with E-state index in [1.807, 2.05) is 61.5 Å². The van der Waals surface area contributed by atoms with Crippen LogP contribution in [0.4, 0.5) is 5.69 Å². The minimum atomic E-state index is -0.471. The van der Waals surface area contributed by atoms with Crippen molar-refractivity contribution in [3.63, 3.8) is 0 Å². The van der Waals surface area contributed by atoms with E-state index in [2.05, 4.69) is 5.32 Å². The summed E-state index contributed by atoms with van der Waals surface area (Å²) in [6.07, 6.45) is 0. The zero-order valence-electron chi connectivity index (χ0n) is 15.2. The standard InChI is InChI=1S/C22H20N2O3/c1-15-11-13-18(14-12-15)21(17-7-4-3-5-8-17)23-22(25)19-9-6-10-20(16(19)2)24(26)27/h3-14,21H,1-2H3,(H,23,25)/t21-/m0/s1. The SMILES string of the molecule is Cc1ccc([C@@H](NC(=O)c2cccc([N+](=O)[O-])c2C)c2ccccc2)cc1. The molecule has 0 spiro atoms. The van der Waals surface area contributed by atoms with Crippen LogP contribution in [0.2, 0.25) is 0 Å². The summed E-state index contributed by atoms with van der Waals surface area (Å²) in [5, 5.41) is 14.2. The lowest BCUT2D eigenvalue weighted by molar-refractivity contribution is -0.385. The summed E-state index contributed by atoms with van der Waals surface area (Å²) in [5.74, 6) is -0.342. The molecule has 0 fully saturated rings. The van der Waals surface area contributed by atoms with Gasteiger partial charge in [-0.2, -0.15) is 0 Å². The van der Waals surface area contributed by atoms with Crippen molar-refractivity contribution in [2.45, 2.75) is 19.9 Å². The molecule has 3 aromatic carbocycles. The van der Waals surface area contributed by atoms with Crippen molar-refractivity contribution in [1.29, 1.82) is 0 Å². The number of benzene rings is 3. The third-order valence-corrected chi connectivity index (χ3v) is 4.57.